The highest BCUT2D eigenvalue weighted by Gasteiger charge is 2.50. The van der Waals surface area contributed by atoms with Gasteiger partial charge in [0.1, 0.15) is 11.3 Å². The molecule has 1 aromatic heterocycles. The summed E-state index contributed by atoms with van der Waals surface area (Å²) in [5.41, 5.74) is 3.53. The fourth-order valence-corrected chi connectivity index (χ4v) is 4.68. The molecule has 0 saturated carbocycles. The van der Waals surface area contributed by atoms with Crippen LogP contribution in [-0.2, 0) is 21.7 Å². The Balaban J connectivity index is 1.46. The summed E-state index contributed by atoms with van der Waals surface area (Å²) in [6, 6.07) is 14.0. The van der Waals surface area contributed by atoms with Crippen LogP contribution in [0.2, 0.25) is 0 Å². The number of imide groups is 1. The highest BCUT2D eigenvalue weighted by atomic mass is 32.2. The van der Waals surface area contributed by atoms with E-state index in [9.17, 15) is 14.4 Å². The smallest absolute Gasteiger partial charge is 0.344 e. The van der Waals surface area contributed by atoms with Gasteiger partial charge in [-0.3, -0.25) is 15.0 Å². The van der Waals surface area contributed by atoms with Gasteiger partial charge in [0, 0.05) is 6.54 Å². The summed E-state index contributed by atoms with van der Waals surface area (Å²) >= 11 is 1.26. The van der Waals surface area contributed by atoms with Gasteiger partial charge in [0.25, 0.3) is 5.91 Å². The number of benzene rings is 2. The molecule has 1 aliphatic rings. The van der Waals surface area contributed by atoms with E-state index in [2.05, 4.69) is 34.1 Å². The van der Waals surface area contributed by atoms with Crippen molar-refractivity contribution in [3.05, 3.63) is 54.1 Å². The number of hydrogen-bond donors (Lipinski definition) is 2. The Hall–Kier alpha value is -3.53. The molecular weight excluding hydrogens is 454 g/mol. The number of rotatable bonds is 8. The third-order valence-corrected chi connectivity index (χ3v) is 6.55. The van der Waals surface area contributed by atoms with Crippen LogP contribution in [0, 0.1) is 5.92 Å². The Bertz CT molecular complexity index is 1260. The van der Waals surface area contributed by atoms with Crippen molar-refractivity contribution in [3.8, 4) is 5.75 Å². The molecule has 1 saturated heterocycles. The lowest BCUT2D eigenvalue weighted by Crippen LogP contribution is -2.48. The molecule has 9 nitrogen and oxygen atoms in total. The Morgan fingerprint density at radius 2 is 1.97 bits per heavy atom. The Kier molecular flexibility index (Phi) is 6.52. The second kappa shape index (κ2) is 9.38. The first kappa shape index (κ1) is 23.6. The van der Waals surface area contributed by atoms with Crippen LogP contribution in [0.25, 0.3) is 11.0 Å². The van der Waals surface area contributed by atoms with Gasteiger partial charge in [-0.2, -0.15) is 5.01 Å². The summed E-state index contributed by atoms with van der Waals surface area (Å²) in [5, 5.41) is 4.12. The van der Waals surface area contributed by atoms with Crippen molar-refractivity contribution in [2.45, 2.75) is 38.0 Å². The van der Waals surface area contributed by atoms with Gasteiger partial charge in [-0.1, -0.05) is 49.9 Å². The molecular formula is C24H27N5O4S. The molecule has 1 unspecified atom stereocenters. The van der Waals surface area contributed by atoms with E-state index in [1.807, 2.05) is 24.3 Å². The zero-order valence-corrected chi connectivity index (χ0v) is 20.3. The highest BCUT2D eigenvalue weighted by Crippen LogP contribution is 2.30. The minimum absolute atomic E-state index is 0.00560. The molecule has 0 radical (unpaired) electrons. The molecule has 178 valence electrons. The van der Waals surface area contributed by atoms with Crippen molar-refractivity contribution in [1.82, 2.24) is 25.3 Å². The van der Waals surface area contributed by atoms with Gasteiger partial charge < -0.3 is 14.6 Å². The summed E-state index contributed by atoms with van der Waals surface area (Å²) < 4.78 is 7.31. The lowest BCUT2D eigenvalue weighted by molar-refractivity contribution is -0.138. The lowest BCUT2D eigenvalue weighted by Gasteiger charge is -2.22. The number of aromatic nitrogens is 2. The molecule has 1 fully saturated rings. The van der Waals surface area contributed by atoms with Crippen LogP contribution in [-0.4, -0.2) is 45.3 Å². The van der Waals surface area contributed by atoms with Gasteiger partial charge >= 0.3 is 6.03 Å². The first-order valence-electron chi connectivity index (χ1n) is 10.9. The molecule has 4 amide bonds. The van der Waals surface area contributed by atoms with Gasteiger partial charge in [0.05, 0.1) is 23.9 Å². The van der Waals surface area contributed by atoms with Crippen LogP contribution in [0.1, 0.15) is 26.3 Å². The minimum Gasteiger partial charge on any atom is -0.497 e. The van der Waals surface area contributed by atoms with Crippen molar-refractivity contribution in [3.63, 3.8) is 0 Å². The summed E-state index contributed by atoms with van der Waals surface area (Å²) in [6.45, 7) is 6.59. The molecule has 1 atom stereocenters. The van der Waals surface area contributed by atoms with Gasteiger partial charge in [-0.05, 0) is 42.7 Å². The average Bonchev–Trinajstić information content (AvgIpc) is 3.27. The first-order valence-corrected chi connectivity index (χ1v) is 11.9. The van der Waals surface area contributed by atoms with Crippen molar-refractivity contribution in [2.24, 2.45) is 5.92 Å². The van der Waals surface area contributed by atoms with E-state index in [1.54, 1.807) is 31.2 Å². The Labute approximate surface area is 201 Å². The fourth-order valence-electron chi connectivity index (χ4n) is 3.86. The maximum absolute atomic E-state index is 13.1. The van der Waals surface area contributed by atoms with Crippen LogP contribution in [0.5, 0.6) is 5.75 Å². The van der Waals surface area contributed by atoms with Crippen LogP contribution in [0.15, 0.2) is 53.7 Å². The lowest BCUT2D eigenvalue weighted by atomic mass is 9.92. The summed E-state index contributed by atoms with van der Waals surface area (Å²) in [5.74, 6) is -0.105. The quantitative estimate of drug-likeness (QED) is 0.378. The van der Waals surface area contributed by atoms with E-state index in [4.69, 9.17) is 4.74 Å². The van der Waals surface area contributed by atoms with Crippen molar-refractivity contribution in [1.29, 1.82) is 0 Å². The Morgan fingerprint density at radius 3 is 2.71 bits per heavy atom. The number of para-hydroxylation sites is 2. The molecule has 4 rings (SSSR count). The molecule has 0 spiro atoms. The van der Waals surface area contributed by atoms with Crippen molar-refractivity contribution < 1.29 is 19.1 Å². The number of carbonyl (C=O) groups excluding carboxylic acids is 3. The number of methoxy groups -OCH3 is 1. The first-order chi connectivity index (χ1) is 16.2. The van der Waals surface area contributed by atoms with E-state index in [0.717, 1.165) is 22.6 Å². The summed E-state index contributed by atoms with van der Waals surface area (Å²) in [7, 11) is 1.52. The third kappa shape index (κ3) is 4.45. The predicted molar refractivity (Wildman–Crippen MR) is 129 cm³/mol. The maximum atomic E-state index is 13.1. The van der Waals surface area contributed by atoms with E-state index in [-0.39, 0.29) is 5.75 Å². The minimum atomic E-state index is -1.32. The molecule has 34 heavy (non-hydrogen) atoms. The number of hydrogen-bond acceptors (Lipinski definition) is 6. The van der Waals surface area contributed by atoms with Crippen LogP contribution in [0.3, 0.4) is 0 Å². The number of fused-ring (bicyclic) bond motifs is 1. The molecule has 3 aromatic rings. The number of urea groups is 1. The third-order valence-electron chi connectivity index (χ3n) is 5.57. The van der Waals surface area contributed by atoms with Crippen LogP contribution in [0.4, 0.5) is 4.79 Å². The summed E-state index contributed by atoms with van der Waals surface area (Å²) in [6.07, 6.45) is 0. The number of carbonyl (C=O) groups is 3. The predicted octanol–water partition coefficient (Wildman–Crippen LogP) is 3.29. The largest absolute Gasteiger partial charge is 0.497 e. The molecule has 1 aliphatic heterocycles. The van der Waals surface area contributed by atoms with Gasteiger partial charge in [0.2, 0.25) is 5.91 Å². The average molecular weight is 482 g/mol. The number of hydrazine groups is 1. The standard InChI is InChI=1S/C24H27N5O4S/c1-15(2)13-28-19-11-6-5-10-18(19)25-23(28)34-14-20(30)27-29-21(31)24(3,26-22(29)32)16-8-7-9-17(12-16)33-4/h5-12,15H,13-14H2,1-4H3,(H,26,32)(H,27,30). The number of nitrogens with one attached hydrogen (secondary N) is 2. The highest BCUT2D eigenvalue weighted by molar-refractivity contribution is 7.99. The zero-order chi connectivity index (χ0) is 24.5. The van der Waals surface area contributed by atoms with Gasteiger partial charge in [0.15, 0.2) is 5.16 Å². The SMILES string of the molecule is COc1cccc(C2(C)NC(=O)N(NC(=O)CSc3nc4ccccc4n3CC(C)C)C2=O)c1. The van der Waals surface area contributed by atoms with E-state index in [1.165, 1.54) is 18.9 Å². The molecule has 10 heteroatoms. The van der Waals surface area contributed by atoms with E-state index < -0.39 is 23.4 Å². The molecule has 2 N–H and O–H groups in total. The second-order valence-electron chi connectivity index (χ2n) is 8.64. The summed E-state index contributed by atoms with van der Waals surface area (Å²) in [4.78, 5) is 43.0. The topological polar surface area (TPSA) is 106 Å². The van der Waals surface area contributed by atoms with Gasteiger partial charge in [-0.25, -0.2) is 9.78 Å². The van der Waals surface area contributed by atoms with E-state index in [0.29, 0.717) is 22.4 Å². The number of amides is 4. The number of imidazole rings is 1. The van der Waals surface area contributed by atoms with Crippen molar-refractivity contribution in [2.75, 3.05) is 12.9 Å². The van der Waals surface area contributed by atoms with Gasteiger partial charge in [-0.15, -0.1) is 0 Å². The Morgan fingerprint density at radius 1 is 1.21 bits per heavy atom. The maximum Gasteiger partial charge on any atom is 0.344 e. The number of nitrogens with zero attached hydrogens (tertiary/aromatic N) is 3. The monoisotopic (exact) mass is 481 g/mol. The fraction of sp³-hybridized carbons (Fsp3) is 0.333. The van der Waals surface area contributed by atoms with E-state index >= 15 is 0 Å². The van der Waals surface area contributed by atoms with Crippen LogP contribution < -0.4 is 15.5 Å². The molecule has 2 aromatic carbocycles. The van der Waals surface area contributed by atoms with Crippen LogP contribution >= 0.6 is 11.8 Å². The number of thioether (sulfide) groups is 1. The number of ether oxygens (including phenoxy) is 1. The zero-order valence-electron chi connectivity index (χ0n) is 19.5. The molecule has 0 aliphatic carbocycles. The normalized spacial score (nSPS) is 18.0. The molecule has 0 bridgehead atoms. The molecule has 2 heterocycles. The second-order valence-corrected chi connectivity index (χ2v) is 9.58. The van der Waals surface area contributed by atoms with Crippen molar-refractivity contribution >= 4 is 40.6 Å².